The number of aliphatic imine (C=N–C) groups is 1. The van der Waals surface area contributed by atoms with Crippen LogP contribution in [-0.2, 0) is 6.42 Å². The van der Waals surface area contributed by atoms with Gasteiger partial charge in [-0.3, -0.25) is 9.99 Å². The van der Waals surface area contributed by atoms with E-state index in [2.05, 4.69) is 33.6 Å². The van der Waals surface area contributed by atoms with E-state index in [1.807, 2.05) is 13.1 Å². The molecule has 0 atom stereocenters. The largest absolute Gasteiger partial charge is 0.384 e. The predicted molar refractivity (Wildman–Crippen MR) is 89.7 cm³/mol. The van der Waals surface area contributed by atoms with Crippen LogP contribution in [-0.4, -0.2) is 41.0 Å². The van der Waals surface area contributed by atoms with Crippen LogP contribution in [0.15, 0.2) is 35.7 Å². The molecule has 2 heterocycles. The number of nitrogens with zero attached hydrogens (tertiary/aromatic N) is 4. The van der Waals surface area contributed by atoms with Crippen molar-refractivity contribution in [3.8, 4) is 0 Å². The number of rotatable bonds is 3. The van der Waals surface area contributed by atoms with Gasteiger partial charge < -0.3 is 10.6 Å². The van der Waals surface area contributed by atoms with E-state index in [0.717, 1.165) is 38.0 Å². The van der Waals surface area contributed by atoms with Gasteiger partial charge in [0.25, 0.3) is 0 Å². The standard InChI is InChI=1S/C16H26N6/c1-12-10-15(4-7-19-12)11-14-5-8-22(9-6-14)16(21(3)18)20-13(2)17/h4,7,10,14H,2,5-6,8-9,11,17-18H2,1,3H3. The van der Waals surface area contributed by atoms with E-state index in [0.29, 0.717) is 11.9 Å². The molecule has 1 aliphatic heterocycles. The van der Waals surface area contributed by atoms with Crippen LogP contribution in [0.25, 0.3) is 0 Å². The van der Waals surface area contributed by atoms with E-state index in [-0.39, 0.29) is 5.82 Å². The van der Waals surface area contributed by atoms with Crippen molar-refractivity contribution < 1.29 is 0 Å². The molecule has 4 N–H and O–H groups in total. The van der Waals surface area contributed by atoms with Gasteiger partial charge in [-0.25, -0.2) is 5.84 Å². The van der Waals surface area contributed by atoms with E-state index in [1.54, 1.807) is 7.05 Å². The first-order valence-electron chi connectivity index (χ1n) is 7.63. The number of guanidine groups is 1. The molecule has 0 unspecified atom stereocenters. The Hall–Kier alpha value is -2.08. The molecule has 0 aromatic carbocycles. The molecule has 22 heavy (non-hydrogen) atoms. The third-order valence-electron chi connectivity index (χ3n) is 3.94. The van der Waals surface area contributed by atoms with Crippen LogP contribution in [0, 0.1) is 12.8 Å². The second kappa shape index (κ2) is 7.26. The number of nitrogens with two attached hydrogens (primary N) is 2. The summed E-state index contributed by atoms with van der Waals surface area (Å²) in [6, 6.07) is 4.28. The maximum Gasteiger partial charge on any atom is 0.217 e. The highest BCUT2D eigenvalue weighted by Gasteiger charge is 2.23. The molecule has 1 saturated heterocycles. The molecule has 0 saturated carbocycles. The Balaban J connectivity index is 1.93. The van der Waals surface area contributed by atoms with Crippen molar-refractivity contribution in [1.82, 2.24) is 14.9 Å². The minimum atomic E-state index is 0.279. The van der Waals surface area contributed by atoms with Gasteiger partial charge in [-0.1, -0.05) is 6.58 Å². The second-order valence-electron chi connectivity index (χ2n) is 5.95. The molecular formula is C16H26N6. The summed E-state index contributed by atoms with van der Waals surface area (Å²) in [6.45, 7) is 7.53. The molecule has 0 aliphatic carbocycles. The van der Waals surface area contributed by atoms with Crippen LogP contribution in [0.3, 0.4) is 0 Å². The summed E-state index contributed by atoms with van der Waals surface area (Å²) in [5.74, 6) is 7.50. The summed E-state index contributed by atoms with van der Waals surface area (Å²) in [5, 5.41) is 1.50. The molecule has 1 aromatic heterocycles. The van der Waals surface area contributed by atoms with Gasteiger partial charge in [-0.05, 0) is 49.8 Å². The Morgan fingerprint density at radius 3 is 2.73 bits per heavy atom. The summed E-state index contributed by atoms with van der Waals surface area (Å²) >= 11 is 0. The minimum Gasteiger partial charge on any atom is -0.384 e. The lowest BCUT2D eigenvalue weighted by molar-refractivity contribution is 0.241. The van der Waals surface area contributed by atoms with Crippen LogP contribution in [0.5, 0.6) is 0 Å². The number of likely N-dealkylation sites (tertiary alicyclic amines) is 1. The predicted octanol–water partition coefficient (Wildman–Crippen LogP) is 1.24. The zero-order valence-corrected chi connectivity index (χ0v) is 13.5. The van der Waals surface area contributed by atoms with Gasteiger partial charge in [-0.2, -0.15) is 4.99 Å². The van der Waals surface area contributed by atoms with E-state index in [4.69, 9.17) is 11.6 Å². The van der Waals surface area contributed by atoms with E-state index >= 15 is 0 Å². The van der Waals surface area contributed by atoms with Crippen molar-refractivity contribution in [1.29, 1.82) is 0 Å². The Morgan fingerprint density at radius 1 is 1.50 bits per heavy atom. The topological polar surface area (TPSA) is 83.8 Å². The van der Waals surface area contributed by atoms with Crippen molar-refractivity contribution in [2.24, 2.45) is 22.5 Å². The molecule has 0 spiro atoms. The number of hydrogen-bond donors (Lipinski definition) is 2. The molecule has 0 amide bonds. The summed E-state index contributed by atoms with van der Waals surface area (Å²) in [6.07, 6.45) is 5.23. The van der Waals surface area contributed by atoms with Crippen molar-refractivity contribution in [2.75, 3.05) is 20.1 Å². The summed E-state index contributed by atoms with van der Waals surface area (Å²) in [5.41, 5.74) is 8.03. The molecule has 2 rings (SSSR count). The first-order chi connectivity index (χ1) is 10.5. The van der Waals surface area contributed by atoms with E-state index in [9.17, 15) is 0 Å². The number of pyridine rings is 1. The third-order valence-corrected chi connectivity index (χ3v) is 3.94. The number of aromatic nitrogens is 1. The molecular weight excluding hydrogens is 276 g/mol. The second-order valence-corrected chi connectivity index (χ2v) is 5.95. The number of hydrogen-bond acceptors (Lipinski definition) is 4. The van der Waals surface area contributed by atoms with Gasteiger partial charge in [0.05, 0.1) is 0 Å². The first kappa shape index (κ1) is 16.3. The monoisotopic (exact) mass is 302 g/mol. The quantitative estimate of drug-likeness (QED) is 0.380. The Morgan fingerprint density at radius 2 is 2.18 bits per heavy atom. The lowest BCUT2D eigenvalue weighted by Gasteiger charge is -2.36. The Bertz CT molecular complexity index is 543. The fraction of sp³-hybridized carbons (Fsp3) is 0.500. The maximum absolute atomic E-state index is 5.85. The Labute approximate surface area is 132 Å². The lowest BCUT2D eigenvalue weighted by Crippen LogP contribution is -2.49. The third kappa shape index (κ3) is 4.46. The number of aryl methyl sites for hydroxylation is 1. The van der Waals surface area contributed by atoms with Crippen LogP contribution < -0.4 is 11.6 Å². The van der Waals surface area contributed by atoms with Gasteiger partial charge in [0.15, 0.2) is 0 Å². The lowest BCUT2D eigenvalue weighted by atomic mass is 9.90. The summed E-state index contributed by atoms with van der Waals surface area (Å²) in [4.78, 5) is 10.7. The minimum absolute atomic E-state index is 0.279. The highest BCUT2D eigenvalue weighted by Crippen LogP contribution is 2.22. The molecule has 0 radical (unpaired) electrons. The molecule has 6 heteroatoms. The fourth-order valence-corrected chi connectivity index (χ4v) is 2.90. The van der Waals surface area contributed by atoms with Crippen LogP contribution in [0.1, 0.15) is 24.1 Å². The smallest absolute Gasteiger partial charge is 0.217 e. The first-order valence-corrected chi connectivity index (χ1v) is 7.63. The van der Waals surface area contributed by atoms with Crippen LogP contribution in [0.2, 0.25) is 0 Å². The fourth-order valence-electron chi connectivity index (χ4n) is 2.90. The SMILES string of the molecule is C=C(N)N=C(N(C)N)N1CCC(Cc2ccnc(C)c2)CC1. The van der Waals surface area contributed by atoms with Gasteiger partial charge in [0.2, 0.25) is 5.96 Å². The molecule has 1 fully saturated rings. The Kier molecular flexibility index (Phi) is 5.38. The number of piperidine rings is 1. The average Bonchev–Trinajstić information content (AvgIpc) is 2.45. The zero-order chi connectivity index (χ0) is 16.1. The molecule has 1 aromatic rings. The van der Waals surface area contributed by atoms with E-state index in [1.165, 1.54) is 10.6 Å². The normalized spacial score (nSPS) is 16.7. The molecule has 120 valence electrons. The van der Waals surface area contributed by atoms with Gasteiger partial charge in [-0.15, -0.1) is 0 Å². The van der Waals surface area contributed by atoms with Crippen molar-refractivity contribution in [3.63, 3.8) is 0 Å². The van der Waals surface area contributed by atoms with Crippen molar-refractivity contribution in [3.05, 3.63) is 42.0 Å². The highest BCUT2D eigenvalue weighted by atomic mass is 15.5. The van der Waals surface area contributed by atoms with Crippen molar-refractivity contribution >= 4 is 5.96 Å². The molecule has 0 bridgehead atoms. The van der Waals surface area contributed by atoms with E-state index < -0.39 is 0 Å². The van der Waals surface area contributed by atoms with Gasteiger partial charge >= 0.3 is 0 Å². The van der Waals surface area contributed by atoms with Crippen LogP contribution >= 0.6 is 0 Å². The molecule has 1 aliphatic rings. The highest BCUT2D eigenvalue weighted by molar-refractivity contribution is 5.80. The summed E-state index contributed by atoms with van der Waals surface area (Å²) in [7, 11) is 1.77. The molecule has 6 nitrogen and oxygen atoms in total. The average molecular weight is 302 g/mol. The van der Waals surface area contributed by atoms with Gasteiger partial charge in [0.1, 0.15) is 5.82 Å². The number of hydrazine groups is 1. The van der Waals surface area contributed by atoms with Crippen LogP contribution in [0.4, 0.5) is 0 Å². The van der Waals surface area contributed by atoms with Crippen molar-refractivity contribution in [2.45, 2.75) is 26.2 Å². The zero-order valence-electron chi connectivity index (χ0n) is 13.5. The maximum atomic E-state index is 5.85. The summed E-state index contributed by atoms with van der Waals surface area (Å²) < 4.78 is 0. The van der Waals surface area contributed by atoms with Gasteiger partial charge in [0, 0.05) is 32.0 Å².